The molecular weight excluding hydrogens is 246 g/mol. The summed E-state index contributed by atoms with van der Waals surface area (Å²) in [4.78, 5) is 2.37. The number of fused-ring (bicyclic) bond motifs is 2. The van der Waals surface area contributed by atoms with Crippen LogP contribution in [-0.4, -0.2) is 16.5 Å². The summed E-state index contributed by atoms with van der Waals surface area (Å²) in [5.41, 5.74) is 12.0. The molecule has 1 aromatic carbocycles. The molecule has 20 heavy (non-hydrogen) atoms. The monoisotopic (exact) mass is 271 g/mol. The largest absolute Gasteiger partial charge is 0.347 e. The Hall–Kier alpha value is -1.32. The summed E-state index contributed by atoms with van der Waals surface area (Å²) in [6.07, 6.45) is 4.46. The quantitative estimate of drug-likeness (QED) is 0.924. The Balaban J connectivity index is 2.15. The van der Waals surface area contributed by atoms with Gasteiger partial charge in [0.1, 0.15) is 0 Å². The zero-order valence-electron chi connectivity index (χ0n) is 12.8. The number of benzene rings is 1. The molecule has 0 saturated carbocycles. The standard InChI is InChI=1S/C17H25N3/c1-4-6-16(18)15-11-20(5-2)17-8-13-10-19(3)9-12(13)7-14(15)17/h7-8,11,16H,4-6,9-10,18H2,1-3H3. The summed E-state index contributed by atoms with van der Waals surface area (Å²) in [6, 6.07) is 4.91. The van der Waals surface area contributed by atoms with E-state index in [4.69, 9.17) is 5.73 Å². The highest BCUT2D eigenvalue weighted by Gasteiger charge is 2.20. The minimum absolute atomic E-state index is 0.160. The van der Waals surface area contributed by atoms with Gasteiger partial charge in [-0.05, 0) is 49.2 Å². The van der Waals surface area contributed by atoms with Crippen LogP contribution in [0.5, 0.6) is 0 Å². The summed E-state index contributed by atoms with van der Waals surface area (Å²) in [6.45, 7) is 7.53. The highest BCUT2D eigenvalue weighted by atomic mass is 15.1. The molecule has 0 bridgehead atoms. The fraction of sp³-hybridized carbons (Fsp3) is 0.529. The smallest absolute Gasteiger partial charge is 0.0487 e. The van der Waals surface area contributed by atoms with Crippen molar-refractivity contribution >= 4 is 10.9 Å². The van der Waals surface area contributed by atoms with Crippen molar-refractivity contribution in [2.24, 2.45) is 5.73 Å². The first-order valence-electron chi connectivity index (χ1n) is 7.72. The molecule has 0 fully saturated rings. The van der Waals surface area contributed by atoms with Gasteiger partial charge in [0, 0.05) is 42.8 Å². The lowest BCUT2D eigenvalue weighted by Gasteiger charge is -2.09. The van der Waals surface area contributed by atoms with Crippen molar-refractivity contribution in [3.8, 4) is 0 Å². The van der Waals surface area contributed by atoms with Crippen LogP contribution in [0.4, 0.5) is 0 Å². The summed E-state index contributed by atoms with van der Waals surface area (Å²) in [5.74, 6) is 0. The van der Waals surface area contributed by atoms with E-state index in [2.05, 4.69) is 48.7 Å². The van der Waals surface area contributed by atoms with Crippen LogP contribution in [0.3, 0.4) is 0 Å². The van der Waals surface area contributed by atoms with Gasteiger partial charge in [-0.1, -0.05) is 13.3 Å². The number of rotatable bonds is 4. The molecule has 2 heterocycles. The Kier molecular flexibility index (Phi) is 3.57. The molecule has 108 valence electrons. The van der Waals surface area contributed by atoms with E-state index in [9.17, 15) is 0 Å². The second-order valence-corrected chi connectivity index (χ2v) is 6.08. The SMILES string of the molecule is CCCC(N)c1cn(CC)c2cc3c(cc12)CN(C)C3. The van der Waals surface area contributed by atoms with Gasteiger partial charge >= 0.3 is 0 Å². The molecule has 3 heteroatoms. The predicted octanol–water partition coefficient (Wildman–Crippen LogP) is 3.41. The first-order chi connectivity index (χ1) is 9.63. The van der Waals surface area contributed by atoms with Crippen molar-refractivity contribution in [3.05, 3.63) is 35.0 Å². The number of aromatic nitrogens is 1. The molecule has 2 N–H and O–H groups in total. The molecule has 1 aliphatic heterocycles. The van der Waals surface area contributed by atoms with Gasteiger partial charge in [-0.3, -0.25) is 4.90 Å². The highest BCUT2D eigenvalue weighted by molar-refractivity contribution is 5.86. The molecule has 0 spiro atoms. The maximum atomic E-state index is 6.39. The van der Waals surface area contributed by atoms with E-state index in [1.807, 2.05) is 0 Å². The topological polar surface area (TPSA) is 34.2 Å². The van der Waals surface area contributed by atoms with Gasteiger partial charge in [-0.25, -0.2) is 0 Å². The molecule has 1 aliphatic rings. The third-order valence-electron chi connectivity index (χ3n) is 4.45. The third-order valence-corrected chi connectivity index (χ3v) is 4.45. The Bertz CT molecular complexity index is 627. The molecule has 0 radical (unpaired) electrons. The second-order valence-electron chi connectivity index (χ2n) is 6.08. The molecule has 0 aliphatic carbocycles. The third kappa shape index (κ3) is 2.15. The van der Waals surface area contributed by atoms with Crippen LogP contribution in [0, 0.1) is 0 Å². The molecule has 1 atom stereocenters. The van der Waals surface area contributed by atoms with Crippen LogP contribution >= 0.6 is 0 Å². The van der Waals surface area contributed by atoms with E-state index in [1.165, 1.54) is 27.6 Å². The lowest BCUT2D eigenvalue weighted by molar-refractivity contribution is 0.353. The highest BCUT2D eigenvalue weighted by Crippen LogP contribution is 2.33. The van der Waals surface area contributed by atoms with Crippen molar-refractivity contribution in [1.29, 1.82) is 0 Å². The van der Waals surface area contributed by atoms with Gasteiger partial charge in [0.2, 0.25) is 0 Å². The van der Waals surface area contributed by atoms with E-state index >= 15 is 0 Å². The Morgan fingerprint density at radius 3 is 2.55 bits per heavy atom. The first kappa shape index (κ1) is 13.7. The Morgan fingerprint density at radius 1 is 1.20 bits per heavy atom. The van der Waals surface area contributed by atoms with Crippen molar-refractivity contribution in [2.45, 2.75) is 52.4 Å². The summed E-state index contributed by atoms with van der Waals surface area (Å²) >= 11 is 0. The van der Waals surface area contributed by atoms with E-state index in [1.54, 1.807) is 0 Å². The van der Waals surface area contributed by atoms with E-state index in [0.717, 1.165) is 32.5 Å². The number of nitrogens with zero attached hydrogens (tertiary/aromatic N) is 2. The van der Waals surface area contributed by atoms with Gasteiger partial charge in [0.05, 0.1) is 0 Å². The van der Waals surface area contributed by atoms with Gasteiger partial charge in [0.25, 0.3) is 0 Å². The minimum Gasteiger partial charge on any atom is -0.347 e. The average Bonchev–Trinajstić information content (AvgIpc) is 2.95. The molecule has 2 aromatic rings. The minimum atomic E-state index is 0.160. The van der Waals surface area contributed by atoms with E-state index in [-0.39, 0.29) is 6.04 Å². The number of nitrogens with two attached hydrogens (primary N) is 1. The fourth-order valence-corrected chi connectivity index (χ4v) is 3.41. The van der Waals surface area contributed by atoms with Crippen molar-refractivity contribution < 1.29 is 0 Å². The van der Waals surface area contributed by atoms with Crippen LogP contribution in [0.25, 0.3) is 10.9 Å². The lowest BCUT2D eigenvalue weighted by Crippen LogP contribution is -2.09. The van der Waals surface area contributed by atoms with Crippen LogP contribution in [0.1, 0.15) is 49.4 Å². The molecule has 0 saturated heterocycles. The summed E-state index contributed by atoms with van der Waals surface area (Å²) < 4.78 is 2.35. The van der Waals surface area contributed by atoms with Gasteiger partial charge in [-0.15, -0.1) is 0 Å². The molecule has 0 amide bonds. The molecule has 1 unspecified atom stereocenters. The fourth-order valence-electron chi connectivity index (χ4n) is 3.41. The first-order valence-corrected chi connectivity index (χ1v) is 7.72. The number of hydrogen-bond donors (Lipinski definition) is 1. The van der Waals surface area contributed by atoms with Crippen LogP contribution < -0.4 is 5.73 Å². The van der Waals surface area contributed by atoms with Crippen LogP contribution in [0.2, 0.25) is 0 Å². The molecule has 3 nitrogen and oxygen atoms in total. The lowest BCUT2D eigenvalue weighted by atomic mass is 10.00. The zero-order chi connectivity index (χ0) is 14.3. The normalized spacial score (nSPS) is 16.8. The summed E-state index contributed by atoms with van der Waals surface area (Å²) in [7, 11) is 2.18. The van der Waals surface area contributed by atoms with Gasteiger partial charge in [-0.2, -0.15) is 0 Å². The molecular formula is C17H25N3. The van der Waals surface area contributed by atoms with Crippen molar-refractivity contribution in [1.82, 2.24) is 9.47 Å². The van der Waals surface area contributed by atoms with E-state index < -0.39 is 0 Å². The maximum Gasteiger partial charge on any atom is 0.0487 e. The van der Waals surface area contributed by atoms with E-state index in [0.29, 0.717) is 0 Å². The summed E-state index contributed by atoms with van der Waals surface area (Å²) in [5, 5.41) is 1.36. The second kappa shape index (κ2) is 5.23. The maximum absolute atomic E-state index is 6.39. The number of aryl methyl sites for hydroxylation is 1. The molecule has 3 rings (SSSR count). The Morgan fingerprint density at radius 2 is 1.90 bits per heavy atom. The Labute approximate surface area is 121 Å². The predicted molar refractivity (Wildman–Crippen MR) is 84.6 cm³/mol. The zero-order valence-corrected chi connectivity index (χ0v) is 12.8. The average molecular weight is 271 g/mol. The van der Waals surface area contributed by atoms with Crippen molar-refractivity contribution in [2.75, 3.05) is 7.05 Å². The number of hydrogen-bond acceptors (Lipinski definition) is 2. The van der Waals surface area contributed by atoms with Crippen LogP contribution in [-0.2, 0) is 19.6 Å². The van der Waals surface area contributed by atoms with Gasteiger partial charge in [0.15, 0.2) is 0 Å². The molecule has 1 aromatic heterocycles. The van der Waals surface area contributed by atoms with Crippen molar-refractivity contribution in [3.63, 3.8) is 0 Å². The van der Waals surface area contributed by atoms with Gasteiger partial charge < -0.3 is 10.3 Å². The van der Waals surface area contributed by atoms with Crippen LogP contribution in [0.15, 0.2) is 18.3 Å².